The number of hydrogen-bond donors (Lipinski definition) is 0. The van der Waals surface area contributed by atoms with Gasteiger partial charge in [-0.2, -0.15) is 0 Å². The molecule has 0 N–H and O–H groups in total. The minimum Gasteiger partial charge on any atom is -0.497 e. The van der Waals surface area contributed by atoms with Crippen molar-refractivity contribution in [1.29, 1.82) is 0 Å². The fourth-order valence-corrected chi connectivity index (χ4v) is 1.37. The highest BCUT2D eigenvalue weighted by Crippen LogP contribution is 2.25. The van der Waals surface area contributed by atoms with E-state index in [1.54, 1.807) is 37.7 Å². The lowest BCUT2D eigenvalue weighted by Gasteiger charge is -2.05. The van der Waals surface area contributed by atoms with E-state index in [2.05, 4.69) is 4.98 Å². The van der Waals surface area contributed by atoms with Crippen LogP contribution in [0, 0.1) is 5.82 Å². The van der Waals surface area contributed by atoms with Crippen molar-refractivity contribution in [3.63, 3.8) is 0 Å². The molecule has 15 heavy (non-hydrogen) atoms. The highest BCUT2D eigenvalue weighted by atomic mass is 19.1. The molecule has 76 valence electrons. The maximum absolute atomic E-state index is 13.5. The number of nitrogens with zero attached hydrogens (tertiary/aromatic N) is 1. The number of aromatic nitrogens is 1. The second-order valence-corrected chi connectivity index (χ2v) is 3.09. The molecule has 0 fully saturated rings. The maximum atomic E-state index is 13.5. The Kier molecular flexibility index (Phi) is 2.63. The summed E-state index contributed by atoms with van der Waals surface area (Å²) >= 11 is 0. The van der Waals surface area contributed by atoms with E-state index in [1.807, 2.05) is 6.07 Å². The van der Waals surface area contributed by atoms with Crippen LogP contribution in [0.4, 0.5) is 4.39 Å². The van der Waals surface area contributed by atoms with Crippen molar-refractivity contribution >= 4 is 0 Å². The minimum absolute atomic E-state index is 0.274. The van der Waals surface area contributed by atoms with Crippen molar-refractivity contribution in [2.45, 2.75) is 0 Å². The summed E-state index contributed by atoms with van der Waals surface area (Å²) in [5.74, 6) is 0.360. The van der Waals surface area contributed by atoms with Gasteiger partial charge in [-0.25, -0.2) is 4.39 Å². The summed E-state index contributed by atoms with van der Waals surface area (Å²) in [7, 11) is 1.56. The Morgan fingerprint density at radius 3 is 2.80 bits per heavy atom. The molecular formula is C12H10FNO. The molecule has 2 nitrogen and oxygen atoms in total. The van der Waals surface area contributed by atoms with Crippen molar-refractivity contribution in [3.8, 4) is 16.9 Å². The lowest BCUT2D eigenvalue weighted by atomic mass is 10.1. The van der Waals surface area contributed by atoms with Gasteiger partial charge in [0.05, 0.1) is 7.11 Å². The summed E-state index contributed by atoms with van der Waals surface area (Å²) in [5.41, 5.74) is 1.25. The molecule has 0 aliphatic rings. The van der Waals surface area contributed by atoms with E-state index >= 15 is 0 Å². The molecule has 0 bridgehead atoms. The molecule has 3 heteroatoms. The average molecular weight is 203 g/mol. The average Bonchev–Trinajstić information content (AvgIpc) is 2.31. The second kappa shape index (κ2) is 4.09. The summed E-state index contributed by atoms with van der Waals surface area (Å²) in [6.07, 6.45) is 3.28. The van der Waals surface area contributed by atoms with Crippen LogP contribution in [0.15, 0.2) is 42.7 Å². The van der Waals surface area contributed by atoms with E-state index in [1.165, 1.54) is 6.07 Å². The summed E-state index contributed by atoms with van der Waals surface area (Å²) in [5, 5.41) is 0. The van der Waals surface area contributed by atoms with Gasteiger partial charge >= 0.3 is 0 Å². The summed E-state index contributed by atoms with van der Waals surface area (Å²) in [6, 6.07) is 8.22. The van der Waals surface area contributed by atoms with E-state index in [-0.39, 0.29) is 5.82 Å². The first-order valence-corrected chi connectivity index (χ1v) is 4.55. The van der Waals surface area contributed by atoms with Gasteiger partial charge in [0, 0.05) is 23.5 Å². The second-order valence-electron chi connectivity index (χ2n) is 3.09. The van der Waals surface area contributed by atoms with Crippen LogP contribution in [-0.2, 0) is 0 Å². The maximum Gasteiger partial charge on any atom is 0.131 e. The highest BCUT2D eigenvalue weighted by molar-refractivity contribution is 5.64. The number of methoxy groups -OCH3 is 1. The quantitative estimate of drug-likeness (QED) is 0.748. The molecule has 0 saturated carbocycles. The van der Waals surface area contributed by atoms with Crippen molar-refractivity contribution in [1.82, 2.24) is 4.98 Å². The Bertz CT molecular complexity index is 456. The van der Waals surface area contributed by atoms with Crippen LogP contribution in [0.1, 0.15) is 0 Å². The molecular weight excluding hydrogens is 193 g/mol. The molecule has 2 aromatic rings. The van der Waals surface area contributed by atoms with Crippen molar-refractivity contribution in [2.75, 3.05) is 7.11 Å². The monoisotopic (exact) mass is 203 g/mol. The van der Waals surface area contributed by atoms with Gasteiger partial charge < -0.3 is 4.74 Å². The van der Waals surface area contributed by atoms with Crippen LogP contribution in [0.5, 0.6) is 5.75 Å². The van der Waals surface area contributed by atoms with Crippen LogP contribution < -0.4 is 4.74 Å². The zero-order chi connectivity index (χ0) is 10.7. The number of hydrogen-bond acceptors (Lipinski definition) is 2. The Hall–Kier alpha value is -1.90. The van der Waals surface area contributed by atoms with Crippen molar-refractivity contribution in [2.24, 2.45) is 0 Å². The summed E-state index contributed by atoms with van der Waals surface area (Å²) < 4.78 is 18.6. The van der Waals surface area contributed by atoms with Gasteiger partial charge in [0.15, 0.2) is 0 Å². The molecule has 2 rings (SSSR count). The van der Waals surface area contributed by atoms with Crippen LogP contribution in [0.2, 0.25) is 0 Å². The Labute approximate surface area is 87.4 Å². The smallest absolute Gasteiger partial charge is 0.131 e. The molecule has 1 heterocycles. The number of halogens is 1. The summed E-state index contributed by atoms with van der Waals surface area (Å²) in [4.78, 5) is 3.95. The van der Waals surface area contributed by atoms with Crippen LogP contribution in [0.25, 0.3) is 11.1 Å². The van der Waals surface area contributed by atoms with E-state index in [0.717, 1.165) is 5.56 Å². The van der Waals surface area contributed by atoms with E-state index in [9.17, 15) is 4.39 Å². The third kappa shape index (κ3) is 1.96. The molecule has 1 aromatic heterocycles. The van der Waals surface area contributed by atoms with Crippen LogP contribution >= 0.6 is 0 Å². The molecule has 0 unspecified atom stereocenters. The van der Waals surface area contributed by atoms with Gasteiger partial charge in [-0.15, -0.1) is 0 Å². The van der Waals surface area contributed by atoms with Gasteiger partial charge in [0.1, 0.15) is 11.6 Å². The minimum atomic E-state index is -0.274. The van der Waals surface area contributed by atoms with Crippen molar-refractivity contribution < 1.29 is 9.13 Å². The lowest BCUT2D eigenvalue weighted by molar-refractivity contribution is 0.414. The predicted molar refractivity (Wildman–Crippen MR) is 56.2 cm³/mol. The summed E-state index contributed by atoms with van der Waals surface area (Å²) in [6.45, 7) is 0. The first-order chi connectivity index (χ1) is 7.31. The Morgan fingerprint density at radius 2 is 2.13 bits per heavy atom. The SMILES string of the molecule is COc1ccc(F)c(-c2cccnc2)c1. The fourth-order valence-electron chi connectivity index (χ4n) is 1.37. The van der Waals surface area contributed by atoms with Gasteiger partial charge in [-0.3, -0.25) is 4.98 Å². The lowest BCUT2D eigenvalue weighted by Crippen LogP contribution is -1.88. The third-order valence-electron chi connectivity index (χ3n) is 2.15. The first kappa shape index (κ1) is 9.65. The first-order valence-electron chi connectivity index (χ1n) is 4.55. The Morgan fingerprint density at radius 1 is 1.27 bits per heavy atom. The molecule has 1 aromatic carbocycles. The molecule has 0 spiro atoms. The Balaban J connectivity index is 2.52. The molecule has 0 amide bonds. The van der Waals surface area contributed by atoms with Crippen molar-refractivity contribution in [3.05, 3.63) is 48.5 Å². The zero-order valence-electron chi connectivity index (χ0n) is 8.27. The van der Waals surface area contributed by atoms with Gasteiger partial charge in [-0.05, 0) is 24.3 Å². The highest BCUT2D eigenvalue weighted by Gasteiger charge is 2.06. The predicted octanol–water partition coefficient (Wildman–Crippen LogP) is 2.90. The van der Waals surface area contributed by atoms with Crippen LogP contribution in [-0.4, -0.2) is 12.1 Å². The van der Waals surface area contributed by atoms with Gasteiger partial charge in [0.25, 0.3) is 0 Å². The van der Waals surface area contributed by atoms with Crippen LogP contribution in [0.3, 0.4) is 0 Å². The van der Waals surface area contributed by atoms with E-state index in [0.29, 0.717) is 11.3 Å². The topological polar surface area (TPSA) is 22.1 Å². The molecule has 0 aliphatic carbocycles. The van der Waals surface area contributed by atoms with Gasteiger partial charge in [-0.1, -0.05) is 6.07 Å². The number of ether oxygens (including phenoxy) is 1. The number of rotatable bonds is 2. The standard InChI is InChI=1S/C12H10FNO/c1-15-10-4-5-12(13)11(7-10)9-3-2-6-14-8-9/h2-8H,1H3. The zero-order valence-corrected chi connectivity index (χ0v) is 8.27. The largest absolute Gasteiger partial charge is 0.497 e. The van der Waals surface area contributed by atoms with E-state index < -0.39 is 0 Å². The third-order valence-corrected chi connectivity index (χ3v) is 2.15. The number of benzene rings is 1. The molecule has 0 saturated heterocycles. The molecule has 0 radical (unpaired) electrons. The number of pyridine rings is 1. The van der Waals surface area contributed by atoms with E-state index in [4.69, 9.17) is 4.74 Å². The fraction of sp³-hybridized carbons (Fsp3) is 0.0833. The van der Waals surface area contributed by atoms with Gasteiger partial charge in [0.2, 0.25) is 0 Å². The molecule has 0 atom stereocenters. The normalized spacial score (nSPS) is 10.0. The molecule has 0 aliphatic heterocycles.